The number of quaternary nitrogens is 1. The van der Waals surface area contributed by atoms with Crippen LogP contribution in [0.5, 0.6) is 5.75 Å². The van der Waals surface area contributed by atoms with Crippen molar-refractivity contribution in [2.24, 2.45) is 5.73 Å². The molecule has 1 aromatic carbocycles. The molecule has 1 saturated heterocycles. The van der Waals surface area contributed by atoms with Gasteiger partial charge in [-0.05, 0) is 24.6 Å². The predicted molar refractivity (Wildman–Crippen MR) is 115 cm³/mol. The van der Waals surface area contributed by atoms with Gasteiger partial charge in [-0.15, -0.1) is 0 Å². The quantitative estimate of drug-likeness (QED) is 0.694. The Morgan fingerprint density at radius 3 is 2.67 bits per heavy atom. The molecular formula is C22H24BrN4O3+. The zero-order valence-corrected chi connectivity index (χ0v) is 18.4. The number of benzene rings is 1. The van der Waals surface area contributed by atoms with Crippen LogP contribution in [0.2, 0.25) is 0 Å². The topological polar surface area (TPSA) is 94.7 Å². The van der Waals surface area contributed by atoms with E-state index in [9.17, 15) is 10.1 Å². The molecule has 156 valence electrons. The molecule has 2 aliphatic rings. The number of nitrogens with zero attached hydrogens (tertiary/aromatic N) is 2. The maximum atomic E-state index is 13.6. The van der Waals surface area contributed by atoms with E-state index in [-0.39, 0.29) is 17.0 Å². The Labute approximate surface area is 183 Å². The summed E-state index contributed by atoms with van der Waals surface area (Å²) < 4.78 is 13.8. The molecule has 1 atom stereocenters. The molecule has 0 spiro atoms. The highest BCUT2D eigenvalue weighted by atomic mass is 79.9. The lowest BCUT2D eigenvalue weighted by Crippen LogP contribution is -3.14. The smallest absolute Gasteiger partial charge is 0.258 e. The summed E-state index contributed by atoms with van der Waals surface area (Å²) in [5, 5.41) is 9.76. The van der Waals surface area contributed by atoms with Crippen LogP contribution in [0, 0.1) is 18.3 Å². The van der Waals surface area contributed by atoms with Gasteiger partial charge >= 0.3 is 0 Å². The van der Waals surface area contributed by atoms with E-state index in [4.69, 9.17) is 15.2 Å². The second kappa shape index (κ2) is 8.64. The lowest BCUT2D eigenvalue weighted by molar-refractivity contribution is -0.908. The first-order valence-electron chi connectivity index (χ1n) is 9.98. The Morgan fingerprint density at radius 2 is 2.00 bits per heavy atom. The number of hydrogen-bond acceptors (Lipinski definition) is 5. The lowest BCUT2D eigenvalue weighted by Gasteiger charge is -2.28. The third-order valence-electron chi connectivity index (χ3n) is 5.78. The Hall–Kier alpha value is -2.60. The number of fused-ring (bicyclic) bond motifs is 1. The van der Waals surface area contributed by atoms with Crippen LogP contribution >= 0.6 is 15.9 Å². The molecule has 3 N–H and O–H groups in total. The molecule has 0 amide bonds. The fourth-order valence-corrected chi connectivity index (χ4v) is 4.40. The Morgan fingerprint density at radius 1 is 1.30 bits per heavy atom. The number of allylic oxidation sites excluding steroid dienone is 1. The monoisotopic (exact) mass is 471 g/mol. The number of hydrogen-bond donors (Lipinski definition) is 2. The van der Waals surface area contributed by atoms with Crippen LogP contribution in [0.25, 0.3) is 0 Å². The van der Waals surface area contributed by atoms with Crippen LogP contribution in [0.3, 0.4) is 0 Å². The molecule has 2 aromatic rings. The first-order chi connectivity index (χ1) is 14.5. The average molecular weight is 472 g/mol. The number of morpholine rings is 1. The van der Waals surface area contributed by atoms with Crippen LogP contribution in [0.1, 0.15) is 22.7 Å². The van der Waals surface area contributed by atoms with E-state index < -0.39 is 5.92 Å². The Kier molecular flexibility index (Phi) is 5.95. The van der Waals surface area contributed by atoms with E-state index in [0.717, 1.165) is 48.6 Å². The van der Waals surface area contributed by atoms with E-state index >= 15 is 0 Å². The highest BCUT2D eigenvalue weighted by Gasteiger charge is 2.34. The summed E-state index contributed by atoms with van der Waals surface area (Å²) >= 11 is 3.44. The molecule has 4 rings (SSSR count). The number of nitrogens with two attached hydrogens (primary N) is 1. The van der Waals surface area contributed by atoms with Crippen molar-refractivity contribution in [1.29, 1.82) is 5.26 Å². The van der Waals surface area contributed by atoms with Gasteiger partial charge in [0.1, 0.15) is 30.5 Å². The number of pyridine rings is 1. The van der Waals surface area contributed by atoms with Crippen molar-refractivity contribution in [1.82, 2.24) is 4.57 Å². The zero-order chi connectivity index (χ0) is 21.3. The second-order valence-electron chi connectivity index (χ2n) is 7.61. The molecular weight excluding hydrogens is 448 g/mol. The number of aryl methyl sites for hydroxylation is 1. The van der Waals surface area contributed by atoms with Gasteiger partial charge in [0, 0.05) is 16.2 Å². The molecule has 7 nitrogen and oxygen atoms in total. The van der Waals surface area contributed by atoms with Crippen molar-refractivity contribution < 1.29 is 14.4 Å². The van der Waals surface area contributed by atoms with Gasteiger partial charge in [-0.25, -0.2) is 0 Å². The summed E-state index contributed by atoms with van der Waals surface area (Å²) in [6.07, 6.45) is 0. The SMILES string of the molecule is Cc1cc2c(c(=O)n1CC[NH+]1CCOCC1)[C@@H](c1ccc(Br)cc1)C(C#N)=C(N)O2. The largest absolute Gasteiger partial charge is 0.440 e. The lowest BCUT2D eigenvalue weighted by atomic mass is 9.84. The molecule has 1 aromatic heterocycles. The molecule has 0 unspecified atom stereocenters. The minimum atomic E-state index is -0.554. The van der Waals surface area contributed by atoms with Crippen LogP contribution in [-0.4, -0.2) is 37.4 Å². The van der Waals surface area contributed by atoms with E-state index in [2.05, 4.69) is 22.0 Å². The van der Waals surface area contributed by atoms with Crippen LogP contribution in [-0.2, 0) is 11.3 Å². The summed E-state index contributed by atoms with van der Waals surface area (Å²) in [6.45, 7) is 6.73. The number of rotatable bonds is 4. The van der Waals surface area contributed by atoms with E-state index in [0.29, 0.717) is 17.9 Å². The highest BCUT2D eigenvalue weighted by molar-refractivity contribution is 9.10. The van der Waals surface area contributed by atoms with Crippen molar-refractivity contribution in [3.63, 3.8) is 0 Å². The number of nitriles is 1. The normalized spacial score (nSPS) is 19.2. The van der Waals surface area contributed by atoms with Crippen molar-refractivity contribution >= 4 is 15.9 Å². The predicted octanol–water partition coefficient (Wildman–Crippen LogP) is 1.05. The Bertz CT molecular complexity index is 1080. The minimum Gasteiger partial charge on any atom is -0.440 e. The summed E-state index contributed by atoms with van der Waals surface area (Å²) in [5.74, 6) is -0.0777. The van der Waals surface area contributed by atoms with E-state index in [1.807, 2.05) is 37.3 Å². The van der Waals surface area contributed by atoms with Crippen LogP contribution in [0.4, 0.5) is 0 Å². The van der Waals surface area contributed by atoms with Gasteiger partial charge in [-0.2, -0.15) is 5.26 Å². The van der Waals surface area contributed by atoms with Gasteiger partial charge in [0.05, 0.1) is 37.8 Å². The molecule has 0 saturated carbocycles. The van der Waals surface area contributed by atoms with Crippen molar-refractivity contribution in [2.45, 2.75) is 19.4 Å². The molecule has 0 radical (unpaired) electrons. The number of ether oxygens (including phenoxy) is 2. The zero-order valence-electron chi connectivity index (χ0n) is 16.8. The maximum Gasteiger partial charge on any atom is 0.258 e. The number of halogens is 1. The average Bonchev–Trinajstić information content (AvgIpc) is 2.74. The first kappa shape index (κ1) is 20.7. The first-order valence-corrected chi connectivity index (χ1v) is 10.8. The second-order valence-corrected chi connectivity index (χ2v) is 8.52. The molecule has 0 aliphatic carbocycles. The van der Waals surface area contributed by atoms with Gasteiger partial charge < -0.3 is 24.7 Å². The molecule has 3 heterocycles. The van der Waals surface area contributed by atoms with Crippen LogP contribution in [0.15, 0.2) is 51.1 Å². The van der Waals surface area contributed by atoms with Crippen molar-refractivity contribution in [2.75, 3.05) is 32.8 Å². The number of aromatic nitrogens is 1. The maximum absolute atomic E-state index is 13.6. The highest BCUT2D eigenvalue weighted by Crippen LogP contribution is 2.40. The summed E-state index contributed by atoms with van der Waals surface area (Å²) in [7, 11) is 0. The fraction of sp³-hybridized carbons (Fsp3) is 0.364. The molecule has 8 heteroatoms. The van der Waals surface area contributed by atoms with Gasteiger partial charge in [-0.3, -0.25) is 4.79 Å². The van der Waals surface area contributed by atoms with Crippen molar-refractivity contribution in [3.05, 3.63) is 73.4 Å². The van der Waals surface area contributed by atoms with E-state index in [1.54, 1.807) is 4.57 Å². The third-order valence-corrected chi connectivity index (χ3v) is 6.31. The molecule has 0 bridgehead atoms. The van der Waals surface area contributed by atoms with Gasteiger partial charge in [0.25, 0.3) is 5.56 Å². The molecule has 1 fully saturated rings. The van der Waals surface area contributed by atoms with Gasteiger partial charge in [-0.1, -0.05) is 28.1 Å². The summed E-state index contributed by atoms with van der Waals surface area (Å²) in [6, 6.07) is 11.6. The summed E-state index contributed by atoms with van der Waals surface area (Å²) in [4.78, 5) is 15.0. The minimum absolute atomic E-state index is 0.0484. The Balaban J connectivity index is 1.77. The molecule has 30 heavy (non-hydrogen) atoms. The molecule has 2 aliphatic heterocycles. The van der Waals surface area contributed by atoms with Gasteiger partial charge in [0.2, 0.25) is 5.88 Å². The van der Waals surface area contributed by atoms with Gasteiger partial charge in [0.15, 0.2) is 0 Å². The number of nitrogens with one attached hydrogen (secondary N) is 1. The third kappa shape index (κ3) is 3.88. The van der Waals surface area contributed by atoms with E-state index in [1.165, 1.54) is 4.90 Å². The standard InChI is InChI=1S/C22H23BrN4O3/c1-14-12-18-20(22(28)27(14)7-6-26-8-10-29-11-9-26)19(17(13-24)21(25)30-18)15-2-4-16(23)5-3-15/h2-5,12,19H,6-11,25H2,1H3/p+1/t19-/m0/s1. The van der Waals surface area contributed by atoms with Crippen molar-refractivity contribution in [3.8, 4) is 11.8 Å². The summed E-state index contributed by atoms with van der Waals surface area (Å²) in [5.41, 5.74) is 8.29. The fourth-order valence-electron chi connectivity index (χ4n) is 4.13. The van der Waals surface area contributed by atoms with Crippen LogP contribution < -0.4 is 20.9 Å².